The zero-order valence-corrected chi connectivity index (χ0v) is 15.9. The summed E-state index contributed by atoms with van der Waals surface area (Å²) in [4.78, 5) is 26.4. The summed E-state index contributed by atoms with van der Waals surface area (Å²) in [5.74, 6) is 0.367. The summed E-state index contributed by atoms with van der Waals surface area (Å²) in [7, 11) is 0. The molecule has 1 heterocycles. The highest BCUT2D eigenvalue weighted by Crippen LogP contribution is 2.20. The molecule has 3 rings (SSSR count). The van der Waals surface area contributed by atoms with Gasteiger partial charge in [0.15, 0.2) is 0 Å². The monoisotopic (exact) mass is 386 g/mol. The van der Waals surface area contributed by atoms with Crippen LogP contribution < -0.4 is 10.1 Å². The molecule has 0 aromatic heterocycles. The van der Waals surface area contributed by atoms with Crippen molar-refractivity contribution in [3.63, 3.8) is 0 Å². The maximum absolute atomic E-state index is 12.5. The van der Waals surface area contributed by atoms with Gasteiger partial charge in [0.2, 0.25) is 5.91 Å². The van der Waals surface area contributed by atoms with Gasteiger partial charge in [-0.05, 0) is 42.7 Å². The molecule has 0 bridgehead atoms. The van der Waals surface area contributed by atoms with Crippen molar-refractivity contribution in [2.24, 2.45) is 0 Å². The van der Waals surface area contributed by atoms with Crippen molar-refractivity contribution in [2.75, 3.05) is 19.6 Å². The van der Waals surface area contributed by atoms with E-state index in [1.54, 1.807) is 30.3 Å². The first-order valence-electron chi connectivity index (χ1n) is 9.16. The van der Waals surface area contributed by atoms with Crippen molar-refractivity contribution in [3.05, 3.63) is 64.7 Å². The Morgan fingerprint density at radius 1 is 1.04 bits per heavy atom. The first-order valence-corrected chi connectivity index (χ1v) is 9.53. The number of carbonyl (C=O) groups is 2. The molecule has 2 amide bonds. The number of carbonyl (C=O) groups excluding carboxylic acids is 2. The Morgan fingerprint density at radius 3 is 2.48 bits per heavy atom. The molecule has 2 aromatic carbocycles. The van der Waals surface area contributed by atoms with E-state index in [9.17, 15) is 9.59 Å². The number of para-hydroxylation sites is 1. The summed E-state index contributed by atoms with van der Waals surface area (Å²) in [5.41, 5.74) is 1.42. The second kappa shape index (κ2) is 9.42. The number of nitrogens with one attached hydrogen (secondary N) is 1. The number of benzene rings is 2. The third-order valence-corrected chi connectivity index (χ3v) is 4.77. The molecule has 6 heteroatoms. The summed E-state index contributed by atoms with van der Waals surface area (Å²) in [6.45, 7) is 2.32. The Kier molecular flexibility index (Phi) is 6.71. The zero-order valence-electron chi connectivity index (χ0n) is 15.1. The van der Waals surface area contributed by atoms with E-state index >= 15 is 0 Å². The number of likely N-dealkylation sites (tertiary alicyclic amines) is 1. The molecule has 5 nitrogen and oxygen atoms in total. The van der Waals surface area contributed by atoms with Crippen LogP contribution in [0, 0.1) is 0 Å². The van der Waals surface area contributed by atoms with Crippen molar-refractivity contribution < 1.29 is 14.3 Å². The maximum Gasteiger partial charge on any atom is 0.255 e. The van der Waals surface area contributed by atoms with E-state index in [2.05, 4.69) is 5.32 Å². The molecule has 1 aliphatic heterocycles. The van der Waals surface area contributed by atoms with Gasteiger partial charge in [-0.2, -0.15) is 0 Å². The molecule has 0 aliphatic carbocycles. The fourth-order valence-corrected chi connectivity index (χ4v) is 3.15. The number of rotatable bonds is 7. The van der Waals surface area contributed by atoms with Gasteiger partial charge in [0, 0.05) is 31.1 Å². The first-order chi connectivity index (χ1) is 13.1. The number of hydrogen-bond donors (Lipinski definition) is 1. The van der Waals surface area contributed by atoms with Crippen LogP contribution in [0.4, 0.5) is 0 Å². The number of nitrogens with zero attached hydrogens (tertiary/aromatic N) is 1. The molecule has 1 N–H and O–H groups in total. The Morgan fingerprint density at radius 2 is 1.74 bits per heavy atom. The average Bonchev–Trinajstić information content (AvgIpc) is 3.22. The van der Waals surface area contributed by atoms with Gasteiger partial charge in [-0.3, -0.25) is 9.59 Å². The molecule has 0 saturated carbocycles. The third kappa shape index (κ3) is 5.47. The largest absolute Gasteiger partial charge is 0.488 e. The lowest BCUT2D eigenvalue weighted by Gasteiger charge is -2.15. The minimum atomic E-state index is -0.240. The van der Waals surface area contributed by atoms with Gasteiger partial charge in [-0.15, -0.1) is 0 Å². The van der Waals surface area contributed by atoms with E-state index in [1.807, 2.05) is 23.1 Å². The minimum absolute atomic E-state index is 0.0973. The van der Waals surface area contributed by atoms with Crippen LogP contribution in [-0.2, 0) is 11.4 Å². The smallest absolute Gasteiger partial charge is 0.255 e. The maximum atomic E-state index is 12.5. The van der Waals surface area contributed by atoms with E-state index in [0.717, 1.165) is 31.5 Å². The van der Waals surface area contributed by atoms with Crippen LogP contribution in [0.25, 0.3) is 0 Å². The summed E-state index contributed by atoms with van der Waals surface area (Å²) < 4.78 is 5.81. The number of amides is 2. The van der Waals surface area contributed by atoms with Gasteiger partial charge in [0.1, 0.15) is 12.4 Å². The fourth-order valence-electron chi connectivity index (χ4n) is 3.02. The predicted octanol–water partition coefficient (Wildman–Crippen LogP) is 3.66. The molecule has 0 radical (unpaired) electrons. The van der Waals surface area contributed by atoms with Gasteiger partial charge in [0.05, 0.1) is 5.56 Å². The minimum Gasteiger partial charge on any atom is -0.488 e. The van der Waals surface area contributed by atoms with Gasteiger partial charge in [-0.25, -0.2) is 0 Å². The van der Waals surface area contributed by atoms with Crippen LogP contribution in [0.3, 0.4) is 0 Å². The van der Waals surface area contributed by atoms with Gasteiger partial charge in [-0.1, -0.05) is 35.9 Å². The molecule has 27 heavy (non-hydrogen) atoms. The van der Waals surface area contributed by atoms with E-state index in [-0.39, 0.29) is 11.8 Å². The van der Waals surface area contributed by atoms with Crippen molar-refractivity contribution in [2.45, 2.75) is 25.9 Å². The summed E-state index contributed by atoms with van der Waals surface area (Å²) in [6, 6.07) is 14.5. The molecule has 1 fully saturated rings. The number of ether oxygens (including phenoxy) is 1. The zero-order chi connectivity index (χ0) is 19.1. The lowest BCUT2D eigenvalue weighted by atomic mass is 10.2. The highest BCUT2D eigenvalue weighted by atomic mass is 35.5. The predicted molar refractivity (Wildman–Crippen MR) is 105 cm³/mol. The molecule has 0 atom stereocenters. The number of halogens is 1. The summed E-state index contributed by atoms with van der Waals surface area (Å²) in [5, 5.41) is 3.48. The lowest BCUT2D eigenvalue weighted by Crippen LogP contribution is -2.32. The molecule has 1 saturated heterocycles. The highest BCUT2D eigenvalue weighted by Gasteiger charge is 2.18. The summed E-state index contributed by atoms with van der Waals surface area (Å²) in [6.07, 6.45) is 2.45. The second-order valence-electron chi connectivity index (χ2n) is 6.51. The Balaban J connectivity index is 1.53. The van der Waals surface area contributed by atoms with Crippen molar-refractivity contribution >= 4 is 23.4 Å². The van der Waals surface area contributed by atoms with Crippen molar-refractivity contribution in [3.8, 4) is 5.75 Å². The second-order valence-corrected chi connectivity index (χ2v) is 6.94. The normalized spacial score (nSPS) is 13.4. The van der Waals surface area contributed by atoms with Crippen LogP contribution in [-0.4, -0.2) is 36.3 Å². The van der Waals surface area contributed by atoms with Crippen molar-refractivity contribution in [1.29, 1.82) is 0 Å². The average molecular weight is 387 g/mol. The molecule has 142 valence electrons. The summed E-state index contributed by atoms with van der Waals surface area (Å²) >= 11 is 5.89. The molecular formula is C21H23ClN2O3. The van der Waals surface area contributed by atoms with Crippen LogP contribution in [0.15, 0.2) is 48.5 Å². The third-order valence-electron chi connectivity index (χ3n) is 4.52. The fraction of sp³-hybridized carbons (Fsp3) is 0.333. The van der Waals surface area contributed by atoms with Crippen LogP contribution in [0.5, 0.6) is 5.75 Å². The highest BCUT2D eigenvalue weighted by molar-refractivity contribution is 6.30. The SMILES string of the molecule is O=C(NCCC(=O)N1CCCC1)c1ccccc1OCc1ccc(Cl)cc1. The van der Waals surface area contributed by atoms with Crippen molar-refractivity contribution in [1.82, 2.24) is 10.2 Å². The molecule has 1 aliphatic rings. The van der Waals surface area contributed by atoms with Gasteiger partial charge in [0.25, 0.3) is 5.91 Å². The topological polar surface area (TPSA) is 58.6 Å². The molecule has 0 unspecified atom stereocenters. The Hall–Kier alpha value is -2.53. The Labute approximate surface area is 164 Å². The quantitative estimate of drug-likeness (QED) is 0.790. The van der Waals surface area contributed by atoms with Gasteiger partial charge < -0.3 is 15.0 Å². The van der Waals surface area contributed by atoms with Crippen LogP contribution in [0.2, 0.25) is 5.02 Å². The van der Waals surface area contributed by atoms with Crippen LogP contribution >= 0.6 is 11.6 Å². The van der Waals surface area contributed by atoms with Crippen LogP contribution in [0.1, 0.15) is 35.2 Å². The van der Waals surface area contributed by atoms with E-state index in [4.69, 9.17) is 16.3 Å². The van der Waals surface area contributed by atoms with Gasteiger partial charge >= 0.3 is 0 Å². The molecule has 0 spiro atoms. The van der Waals surface area contributed by atoms with E-state index in [1.165, 1.54) is 0 Å². The molecular weight excluding hydrogens is 364 g/mol. The molecule has 2 aromatic rings. The van der Waals surface area contributed by atoms with E-state index in [0.29, 0.717) is 35.9 Å². The first kappa shape index (κ1) is 19.2. The number of hydrogen-bond acceptors (Lipinski definition) is 3. The lowest BCUT2D eigenvalue weighted by molar-refractivity contribution is -0.129. The Bertz CT molecular complexity index is 786. The van der Waals surface area contributed by atoms with E-state index < -0.39 is 0 Å². The standard InChI is InChI=1S/C21H23ClN2O3/c22-17-9-7-16(8-10-17)15-27-19-6-2-1-5-18(19)21(26)23-12-11-20(25)24-13-3-4-14-24/h1-2,5-10H,3-4,11-15H2,(H,23,26).